The number of amidine groups is 1. The van der Waals surface area contributed by atoms with Crippen LogP contribution in [0.15, 0.2) is 59.5 Å². The van der Waals surface area contributed by atoms with Crippen molar-refractivity contribution in [3.8, 4) is 0 Å². The average molecular weight is 428 g/mol. The summed E-state index contributed by atoms with van der Waals surface area (Å²) >= 11 is 0. The normalized spacial score (nSPS) is 18.7. The topological polar surface area (TPSA) is 102 Å². The van der Waals surface area contributed by atoms with Gasteiger partial charge in [-0.2, -0.15) is 0 Å². The molecule has 4 heterocycles. The highest BCUT2D eigenvalue weighted by atomic mass is 16.2. The predicted molar refractivity (Wildman–Crippen MR) is 124 cm³/mol. The maximum atomic E-state index is 12.7. The third kappa shape index (κ3) is 4.04. The number of aromatic amines is 1. The van der Waals surface area contributed by atoms with E-state index in [4.69, 9.17) is 0 Å². The van der Waals surface area contributed by atoms with E-state index in [0.29, 0.717) is 22.9 Å². The zero-order valence-electron chi connectivity index (χ0n) is 17.8. The van der Waals surface area contributed by atoms with Crippen LogP contribution in [0.25, 0.3) is 17.1 Å². The Hall–Kier alpha value is -3.78. The van der Waals surface area contributed by atoms with Crippen molar-refractivity contribution in [3.05, 3.63) is 65.6 Å². The minimum atomic E-state index is -0.252. The van der Waals surface area contributed by atoms with E-state index in [2.05, 4.69) is 37.5 Å². The number of nitrogens with zero attached hydrogens (tertiary/aromatic N) is 3. The Bertz CT molecular complexity index is 1240. The fourth-order valence-corrected chi connectivity index (χ4v) is 4.08. The summed E-state index contributed by atoms with van der Waals surface area (Å²) in [4.78, 5) is 39.4. The van der Waals surface area contributed by atoms with Crippen LogP contribution >= 0.6 is 0 Å². The summed E-state index contributed by atoms with van der Waals surface area (Å²) in [5.74, 6) is 0.327. The van der Waals surface area contributed by atoms with E-state index in [1.807, 2.05) is 36.4 Å². The third-order valence-electron chi connectivity index (χ3n) is 5.96. The van der Waals surface area contributed by atoms with E-state index in [1.54, 1.807) is 18.5 Å². The smallest absolute Gasteiger partial charge is 0.275 e. The molecule has 3 N–H and O–H groups in total. The van der Waals surface area contributed by atoms with Gasteiger partial charge < -0.3 is 20.5 Å². The Morgan fingerprint density at radius 1 is 1.22 bits per heavy atom. The summed E-state index contributed by atoms with van der Waals surface area (Å²) in [6.45, 7) is 1.86. The van der Waals surface area contributed by atoms with Crippen LogP contribution in [0.2, 0.25) is 0 Å². The number of hydrogen-bond donors (Lipinski definition) is 3. The number of amides is 2. The molecule has 32 heavy (non-hydrogen) atoms. The van der Waals surface area contributed by atoms with Crippen LogP contribution in [0.5, 0.6) is 0 Å². The monoisotopic (exact) mass is 428 g/mol. The number of aromatic nitrogens is 2. The molecule has 3 aromatic rings. The van der Waals surface area contributed by atoms with Gasteiger partial charge >= 0.3 is 0 Å². The van der Waals surface area contributed by atoms with Gasteiger partial charge in [0.1, 0.15) is 17.2 Å². The Labute approximate surface area is 185 Å². The van der Waals surface area contributed by atoms with Gasteiger partial charge in [0.2, 0.25) is 5.91 Å². The molecular formula is C24H24N6O2. The first-order valence-corrected chi connectivity index (χ1v) is 10.7. The van der Waals surface area contributed by atoms with Gasteiger partial charge in [-0.1, -0.05) is 30.3 Å². The SMILES string of the molecule is CN1CCC(C(=O)Nc2cnc3[nH]cc(C=C4N=C(c5ccccc5)NC4=O)c3c2)CC1. The number of rotatable bonds is 4. The number of carbonyl (C=O) groups is 2. The van der Waals surface area contributed by atoms with Crippen molar-refractivity contribution in [2.45, 2.75) is 12.8 Å². The van der Waals surface area contributed by atoms with Crippen LogP contribution in [0.4, 0.5) is 5.69 Å². The van der Waals surface area contributed by atoms with Crippen molar-refractivity contribution < 1.29 is 9.59 Å². The number of pyridine rings is 1. The molecule has 5 rings (SSSR count). The van der Waals surface area contributed by atoms with Crippen LogP contribution in [-0.4, -0.2) is 52.7 Å². The molecule has 0 bridgehead atoms. The summed E-state index contributed by atoms with van der Waals surface area (Å²) in [5, 5.41) is 6.63. The van der Waals surface area contributed by atoms with Crippen molar-refractivity contribution in [2.24, 2.45) is 10.9 Å². The van der Waals surface area contributed by atoms with Gasteiger partial charge in [-0.3, -0.25) is 9.59 Å². The molecule has 8 heteroatoms. The molecule has 2 aliphatic rings. The summed E-state index contributed by atoms with van der Waals surface area (Å²) in [6, 6.07) is 11.4. The second kappa shape index (κ2) is 8.39. The number of likely N-dealkylation sites (tertiary alicyclic amines) is 1. The van der Waals surface area contributed by atoms with E-state index < -0.39 is 0 Å². The van der Waals surface area contributed by atoms with E-state index in [1.165, 1.54) is 0 Å². The minimum Gasteiger partial charge on any atom is -0.346 e. The van der Waals surface area contributed by atoms with Crippen LogP contribution in [0.3, 0.4) is 0 Å². The minimum absolute atomic E-state index is 0.0163. The molecule has 0 saturated carbocycles. The van der Waals surface area contributed by atoms with E-state index >= 15 is 0 Å². The second-order valence-corrected chi connectivity index (χ2v) is 8.24. The lowest BCUT2D eigenvalue weighted by molar-refractivity contribution is -0.121. The first-order chi connectivity index (χ1) is 15.6. The number of fused-ring (bicyclic) bond motifs is 1. The highest BCUT2D eigenvalue weighted by molar-refractivity contribution is 6.20. The second-order valence-electron chi connectivity index (χ2n) is 8.24. The zero-order chi connectivity index (χ0) is 22.1. The van der Waals surface area contributed by atoms with Crippen LogP contribution < -0.4 is 10.6 Å². The Morgan fingerprint density at radius 2 is 2.00 bits per heavy atom. The maximum Gasteiger partial charge on any atom is 0.275 e. The number of hydrogen-bond acceptors (Lipinski definition) is 5. The molecule has 162 valence electrons. The maximum absolute atomic E-state index is 12.7. The molecule has 1 aromatic carbocycles. The van der Waals surface area contributed by atoms with Gasteiger partial charge in [0.25, 0.3) is 5.91 Å². The molecule has 0 unspecified atom stereocenters. The van der Waals surface area contributed by atoms with Gasteiger partial charge in [0, 0.05) is 28.6 Å². The average Bonchev–Trinajstić information content (AvgIpc) is 3.38. The standard InChI is InChI=1S/C24H24N6O2/c1-30-9-7-16(8-10-30)23(31)27-18-12-19-17(13-25-22(19)26-14-18)11-20-24(32)29-21(28-20)15-5-3-2-4-6-15/h2-6,11-14,16H,7-10H2,1H3,(H,25,26)(H,27,31)(H,28,29,32). The summed E-state index contributed by atoms with van der Waals surface area (Å²) < 4.78 is 0. The molecular weight excluding hydrogens is 404 g/mol. The van der Waals surface area contributed by atoms with Gasteiger partial charge in [0.15, 0.2) is 0 Å². The Morgan fingerprint density at radius 3 is 2.78 bits per heavy atom. The van der Waals surface area contributed by atoms with Crippen molar-refractivity contribution in [2.75, 3.05) is 25.5 Å². The fourth-order valence-electron chi connectivity index (χ4n) is 4.08. The fraction of sp³-hybridized carbons (Fsp3) is 0.250. The molecule has 2 aliphatic heterocycles. The first-order valence-electron chi connectivity index (χ1n) is 10.7. The predicted octanol–water partition coefficient (Wildman–Crippen LogP) is 2.76. The number of benzene rings is 1. The molecule has 0 spiro atoms. The van der Waals surface area contributed by atoms with Crippen LogP contribution in [-0.2, 0) is 9.59 Å². The Kier molecular flexibility index (Phi) is 5.28. The molecule has 8 nitrogen and oxygen atoms in total. The van der Waals surface area contributed by atoms with E-state index in [0.717, 1.165) is 42.4 Å². The summed E-state index contributed by atoms with van der Waals surface area (Å²) in [5.41, 5.74) is 3.28. The van der Waals surface area contributed by atoms with Crippen molar-refractivity contribution in [3.63, 3.8) is 0 Å². The molecule has 1 saturated heterocycles. The number of aliphatic imine (C=N–C) groups is 1. The third-order valence-corrected chi connectivity index (χ3v) is 5.96. The highest BCUT2D eigenvalue weighted by Gasteiger charge is 2.24. The van der Waals surface area contributed by atoms with Crippen molar-refractivity contribution >= 4 is 40.4 Å². The summed E-state index contributed by atoms with van der Waals surface area (Å²) in [6.07, 6.45) is 6.88. The first kappa shape index (κ1) is 20.1. The van der Waals surface area contributed by atoms with Gasteiger partial charge in [-0.05, 0) is 45.1 Å². The molecule has 0 aliphatic carbocycles. The highest BCUT2D eigenvalue weighted by Crippen LogP contribution is 2.25. The zero-order valence-corrected chi connectivity index (χ0v) is 17.8. The lowest BCUT2D eigenvalue weighted by atomic mass is 9.96. The molecule has 2 amide bonds. The molecule has 2 aromatic heterocycles. The number of piperidine rings is 1. The number of H-pyrrole nitrogens is 1. The molecule has 0 atom stereocenters. The largest absolute Gasteiger partial charge is 0.346 e. The van der Waals surface area contributed by atoms with E-state index in [-0.39, 0.29) is 17.7 Å². The van der Waals surface area contributed by atoms with Gasteiger partial charge in [-0.25, -0.2) is 9.98 Å². The number of nitrogens with one attached hydrogen (secondary N) is 3. The Balaban J connectivity index is 1.39. The van der Waals surface area contributed by atoms with Crippen LogP contribution in [0.1, 0.15) is 24.0 Å². The van der Waals surface area contributed by atoms with Crippen LogP contribution in [0, 0.1) is 5.92 Å². The van der Waals surface area contributed by atoms with Crippen molar-refractivity contribution in [1.82, 2.24) is 20.2 Å². The molecule has 1 fully saturated rings. The van der Waals surface area contributed by atoms with E-state index in [9.17, 15) is 9.59 Å². The van der Waals surface area contributed by atoms with Gasteiger partial charge in [-0.15, -0.1) is 0 Å². The number of carbonyl (C=O) groups excluding carboxylic acids is 2. The van der Waals surface area contributed by atoms with Crippen molar-refractivity contribution in [1.29, 1.82) is 0 Å². The lowest BCUT2D eigenvalue weighted by Crippen LogP contribution is -2.35. The lowest BCUT2D eigenvalue weighted by Gasteiger charge is -2.28. The molecule has 0 radical (unpaired) electrons. The number of anilines is 1. The summed E-state index contributed by atoms with van der Waals surface area (Å²) in [7, 11) is 2.07. The quantitative estimate of drug-likeness (QED) is 0.556. The van der Waals surface area contributed by atoms with Gasteiger partial charge in [0.05, 0.1) is 11.9 Å².